The number of carbonyl (C=O) groups excluding carboxylic acids is 1. The number of pyridine rings is 1. The first-order chi connectivity index (χ1) is 15.0. The summed E-state index contributed by atoms with van der Waals surface area (Å²) < 4.78 is 7.37. The highest BCUT2D eigenvalue weighted by atomic mass is 16.5. The number of carbonyl (C=O) groups is 1. The van der Waals surface area contributed by atoms with Gasteiger partial charge in [-0.2, -0.15) is 5.10 Å². The van der Waals surface area contributed by atoms with E-state index in [-0.39, 0.29) is 11.8 Å². The van der Waals surface area contributed by atoms with Crippen molar-refractivity contribution in [2.75, 3.05) is 17.7 Å². The molecule has 4 aromatic rings. The SMILES string of the molecule is COc1c(Nc2cc(NC(=O)C3CC3)nc3nc(C)[nH]c23)cccc1-n1cnc(C)n1. The molecule has 3 N–H and O–H groups in total. The van der Waals surface area contributed by atoms with Gasteiger partial charge in [0.05, 0.1) is 18.5 Å². The molecule has 0 saturated heterocycles. The van der Waals surface area contributed by atoms with Crippen molar-refractivity contribution in [2.45, 2.75) is 26.7 Å². The molecular weight excluding hydrogens is 396 g/mol. The highest BCUT2D eigenvalue weighted by Gasteiger charge is 2.30. The molecule has 0 radical (unpaired) electrons. The van der Waals surface area contributed by atoms with E-state index >= 15 is 0 Å². The van der Waals surface area contributed by atoms with E-state index in [1.54, 1.807) is 24.2 Å². The summed E-state index contributed by atoms with van der Waals surface area (Å²) in [6.45, 7) is 3.69. The molecule has 3 aromatic heterocycles. The fourth-order valence-corrected chi connectivity index (χ4v) is 3.47. The number of imidazole rings is 1. The lowest BCUT2D eigenvalue weighted by Gasteiger charge is -2.16. The Morgan fingerprint density at radius 2 is 2.06 bits per heavy atom. The van der Waals surface area contributed by atoms with Gasteiger partial charge in [-0.15, -0.1) is 0 Å². The molecular formula is C21H22N8O2. The molecule has 0 spiro atoms. The first kappa shape index (κ1) is 19.0. The van der Waals surface area contributed by atoms with Crippen molar-refractivity contribution in [3.63, 3.8) is 0 Å². The van der Waals surface area contributed by atoms with Crippen LogP contribution in [0.25, 0.3) is 16.9 Å². The summed E-state index contributed by atoms with van der Waals surface area (Å²) in [7, 11) is 1.61. The molecule has 1 aliphatic carbocycles. The Kier molecular flexibility index (Phi) is 4.54. The zero-order valence-electron chi connectivity index (χ0n) is 17.4. The van der Waals surface area contributed by atoms with Crippen molar-refractivity contribution in [1.29, 1.82) is 0 Å². The number of benzene rings is 1. The molecule has 10 heteroatoms. The van der Waals surface area contributed by atoms with E-state index in [0.29, 0.717) is 23.0 Å². The van der Waals surface area contributed by atoms with Gasteiger partial charge in [0.2, 0.25) is 5.91 Å². The molecule has 1 saturated carbocycles. The van der Waals surface area contributed by atoms with E-state index in [1.807, 2.05) is 32.0 Å². The number of ether oxygens (including phenoxy) is 1. The summed E-state index contributed by atoms with van der Waals surface area (Å²) in [5.74, 6) is 2.54. The molecule has 3 heterocycles. The first-order valence-electron chi connectivity index (χ1n) is 10.0. The number of aromatic amines is 1. The van der Waals surface area contributed by atoms with Gasteiger partial charge in [0.15, 0.2) is 11.4 Å². The van der Waals surface area contributed by atoms with E-state index in [2.05, 4.69) is 35.7 Å². The molecule has 1 amide bonds. The van der Waals surface area contributed by atoms with Crippen molar-refractivity contribution < 1.29 is 9.53 Å². The van der Waals surface area contributed by atoms with E-state index < -0.39 is 0 Å². The van der Waals surface area contributed by atoms with Crippen molar-refractivity contribution >= 4 is 34.3 Å². The number of nitrogens with one attached hydrogen (secondary N) is 3. The third-order valence-corrected chi connectivity index (χ3v) is 5.10. The smallest absolute Gasteiger partial charge is 0.228 e. The van der Waals surface area contributed by atoms with Crippen LogP contribution in [-0.4, -0.2) is 42.7 Å². The maximum absolute atomic E-state index is 12.3. The zero-order chi connectivity index (χ0) is 21.5. The van der Waals surface area contributed by atoms with Gasteiger partial charge < -0.3 is 20.4 Å². The molecule has 0 bridgehead atoms. The number of nitrogens with zero attached hydrogens (tertiary/aromatic N) is 5. The Balaban J connectivity index is 1.56. The van der Waals surface area contributed by atoms with Crippen LogP contribution in [0, 0.1) is 19.8 Å². The van der Waals surface area contributed by atoms with Crippen LogP contribution in [0.15, 0.2) is 30.6 Å². The quantitative estimate of drug-likeness (QED) is 0.439. The van der Waals surface area contributed by atoms with E-state index in [4.69, 9.17) is 4.74 Å². The molecule has 1 aliphatic rings. The molecule has 158 valence electrons. The highest BCUT2D eigenvalue weighted by Crippen LogP contribution is 2.36. The van der Waals surface area contributed by atoms with Gasteiger partial charge in [-0.25, -0.2) is 19.6 Å². The molecule has 1 aromatic carbocycles. The summed E-state index contributed by atoms with van der Waals surface area (Å²) in [6, 6.07) is 7.52. The minimum Gasteiger partial charge on any atom is -0.492 e. The lowest BCUT2D eigenvalue weighted by Crippen LogP contribution is -2.14. The number of H-pyrrole nitrogens is 1. The molecule has 0 unspecified atom stereocenters. The number of aryl methyl sites for hydroxylation is 2. The predicted molar refractivity (Wildman–Crippen MR) is 116 cm³/mol. The minimum atomic E-state index is -0.00816. The van der Waals surface area contributed by atoms with Gasteiger partial charge in [-0.3, -0.25) is 4.79 Å². The molecule has 31 heavy (non-hydrogen) atoms. The third-order valence-electron chi connectivity index (χ3n) is 5.10. The zero-order valence-corrected chi connectivity index (χ0v) is 17.4. The molecule has 1 fully saturated rings. The van der Waals surface area contributed by atoms with Crippen LogP contribution in [0.1, 0.15) is 24.5 Å². The van der Waals surface area contributed by atoms with Crippen LogP contribution in [0.2, 0.25) is 0 Å². The lowest BCUT2D eigenvalue weighted by molar-refractivity contribution is -0.117. The normalized spacial score (nSPS) is 13.4. The van der Waals surface area contributed by atoms with Crippen molar-refractivity contribution in [3.05, 3.63) is 42.2 Å². The topological polar surface area (TPSA) is 123 Å². The monoisotopic (exact) mass is 418 g/mol. The average molecular weight is 418 g/mol. The fourth-order valence-electron chi connectivity index (χ4n) is 3.47. The maximum atomic E-state index is 12.3. The number of amides is 1. The van der Waals surface area contributed by atoms with Crippen molar-refractivity contribution in [2.24, 2.45) is 5.92 Å². The summed E-state index contributed by atoms with van der Waals surface area (Å²) in [5.41, 5.74) is 3.47. The van der Waals surface area contributed by atoms with Crippen LogP contribution in [-0.2, 0) is 4.79 Å². The van der Waals surface area contributed by atoms with E-state index in [0.717, 1.165) is 41.2 Å². The second kappa shape index (κ2) is 7.38. The number of hydrogen-bond donors (Lipinski definition) is 3. The summed E-state index contributed by atoms with van der Waals surface area (Å²) >= 11 is 0. The number of anilines is 3. The molecule has 0 aliphatic heterocycles. The van der Waals surface area contributed by atoms with Crippen LogP contribution in [0.5, 0.6) is 5.75 Å². The van der Waals surface area contributed by atoms with Gasteiger partial charge in [0, 0.05) is 12.0 Å². The standard InChI is InChI=1S/C21H22N8O2/c1-11-22-10-29(28-11)16-6-4-5-14(19(16)31-3)25-15-9-17(27-21(30)13-7-8-13)26-20-18(15)23-12(2)24-20/h4-6,9-10,13H,7-8H2,1-3H3,(H3,23,24,25,26,27,30). The number of para-hydroxylation sites is 1. The molecule has 0 atom stereocenters. The summed E-state index contributed by atoms with van der Waals surface area (Å²) in [5, 5.41) is 10.7. The summed E-state index contributed by atoms with van der Waals surface area (Å²) in [6.07, 6.45) is 3.49. The predicted octanol–water partition coefficient (Wildman–Crippen LogP) is 3.26. The maximum Gasteiger partial charge on any atom is 0.228 e. The van der Waals surface area contributed by atoms with E-state index in [1.165, 1.54) is 0 Å². The number of aromatic nitrogens is 6. The Labute approximate surface area is 178 Å². The Morgan fingerprint density at radius 3 is 2.77 bits per heavy atom. The minimum absolute atomic E-state index is 0.00816. The van der Waals surface area contributed by atoms with Crippen LogP contribution >= 0.6 is 0 Å². The Bertz CT molecular complexity index is 1290. The first-order valence-corrected chi connectivity index (χ1v) is 10.0. The second-order valence-corrected chi connectivity index (χ2v) is 7.56. The number of fused-ring (bicyclic) bond motifs is 1. The third kappa shape index (κ3) is 3.67. The largest absolute Gasteiger partial charge is 0.492 e. The molecule has 5 rings (SSSR count). The van der Waals surface area contributed by atoms with Gasteiger partial charge >= 0.3 is 0 Å². The number of methoxy groups -OCH3 is 1. The number of hydrogen-bond acceptors (Lipinski definition) is 7. The second-order valence-electron chi connectivity index (χ2n) is 7.56. The van der Waals surface area contributed by atoms with Gasteiger partial charge in [-0.05, 0) is 38.8 Å². The van der Waals surface area contributed by atoms with Gasteiger partial charge in [0.1, 0.15) is 35.0 Å². The molecule has 10 nitrogen and oxygen atoms in total. The van der Waals surface area contributed by atoms with Crippen LogP contribution in [0.4, 0.5) is 17.2 Å². The fraction of sp³-hybridized carbons (Fsp3) is 0.286. The summed E-state index contributed by atoms with van der Waals surface area (Å²) in [4.78, 5) is 28.6. The van der Waals surface area contributed by atoms with Crippen molar-refractivity contribution in [3.8, 4) is 11.4 Å². The van der Waals surface area contributed by atoms with E-state index in [9.17, 15) is 4.79 Å². The van der Waals surface area contributed by atoms with Crippen molar-refractivity contribution in [1.82, 2.24) is 29.7 Å². The average Bonchev–Trinajstić information content (AvgIpc) is 3.40. The van der Waals surface area contributed by atoms with Crippen LogP contribution in [0.3, 0.4) is 0 Å². The Hall–Kier alpha value is -3.95. The van der Waals surface area contributed by atoms with Gasteiger partial charge in [-0.1, -0.05) is 6.07 Å². The Morgan fingerprint density at radius 1 is 1.23 bits per heavy atom. The van der Waals surface area contributed by atoms with Crippen LogP contribution < -0.4 is 15.4 Å². The highest BCUT2D eigenvalue weighted by molar-refractivity contribution is 5.97. The van der Waals surface area contributed by atoms with Gasteiger partial charge in [0.25, 0.3) is 0 Å². The lowest BCUT2D eigenvalue weighted by atomic mass is 10.2. The number of rotatable bonds is 6.